The highest BCUT2D eigenvalue weighted by Crippen LogP contribution is 2.21. The number of anilines is 2. The molecule has 0 aromatic carbocycles. The highest BCUT2D eigenvalue weighted by Gasteiger charge is 2.11. The van der Waals surface area contributed by atoms with E-state index >= 15 is 0 Å². The van der Waals surface area contributed by atoms with Crippen molar-refractivity contribution in [1.29, 1.82) is 0 Å². The average Bonchev–Trinajstić information content (AvgIpc) is 2.45. The average molecular weight is 283 g/mol. The summed E-state index contributed by atoms with van der Waals surface area (Å²) >= 11 is 1.71. The molecule has 1 atom stereocenters. The van der Waals surface area contributed by atoms with Crippen LogP contribution >= 0.6 is 11.8 Å². The summed E-state index contributed by atoms with van der Waals surface area (Å²) in [6, 6.07) is 0. The van der Waals surface area contributed by atoms with Gasteiger partial charge in [-0.15, -0.1) is 0 Å². The van der Waals surface area contributed by atoms with E-state index in [1.807, 2.05) is 7.05 Å². The van der Waals surface area contributed by atoms with Gasteiger partial charge in [0, 0.05) is 25.9 Å². The molecular formula is C13H25N5S. The minimum absolute atomic E-state index is 0.642. The summed E-state index contributed by atoms with van der Waals surface area (Å²) in [5.41, 5.74) is 0. The molecule has 0 aliphatic rings. The molecule has 0 aliphatic heterocycles. The molecule has 1 heterocycles. The first-order valence-corrected chi connectivity index (χ1v) is 7.94. The van der Waals surface area contributed by atoms with Gasteiger partial charge in [0.15, 0.2) is 5.16 Å². The fourth-order valence-electron chi connectivity index (χ4n) is 1.50. The Morgan fingerprint density at radius 1 is 1.16 bits per heavy atom. The molecule has 108 valence electrons. The molecule has 0 saturated carbocycles. The van der Waals surface area contributed by atoms with Gasteiger partial charge in [-0.05, 0) is 19.8 Å². The lowest BCUT2D eigenvalue weighted by Gasteiger charge is -2.19. The van der Waals surface area contributed by atoms with E-state index in [9.17, 15) is 0 Å². The van der Waals surface area contributed by atoms with Gasteiger partial charge in [0.05, 0.1) is 0 Å². The maximum Gasteiger partial charge on any atom is 0.231 e. The Bertz CT molecular complexity index is 381. The van der Waals surface area contributed by atoms with E-state index in [1.165, 1.54) is 6.42 Å². The van der Waals surface area contributed by atoms with Crippen LogP contribution in [0.4, 0.5) is 11.9 Å². The summed E-state index contributed by atoms with van der Waals surface area (Å²) in [5, 5.41) is 3.82. The molecule has 0 bridgehead atoms. The second kappa shape index (κ2) is 8.19. The van der Waals surface area contributed by atoms with Crippen molar-refractivity contribution in [3.8, 4) is 0 Å². The number of rotatable bonds is 8. The first-order valence-electron chi connectivity index (χ1n) is 6.96. The summed E-state index contributed by atoms with van der Waals surface area (Å²) < 4.78 is 0. The largest absolute Gasteiger partial charge is 0.357 e. The maximum absolute atomic E-state index is 4.56. The molecule has 0 saturated heterocycles. The number of hydrogen-bond acceptors (Lipinski definition) is 6. The molecule has 1 aromatic rings. The second-order valence-corrected chi connectivity index (χ2v) is 5.48. The van der Waals surface area contributed by atoms with Crippen molar-refractivity contribution in [3.05, 3.63) is 0 Å². The molecule has 0 aliphatic carbocycles. The SMILES string of the molecule is CCC(C)CSc1nc(NC)nc(N(CC)CC)n1. The maximum atomic E-state index is 4.56. The van der Waals surface area contributed by atoms with E-state index in [-0.39, 0.29) is 0 Å². The van der Waals surface area contributed by atoms with Crippen LogP contribution in [0, 0.1) is 5.92 Å². The summed E-state index contributed by atoms with van der Waals surface area (Å²) in [7, 11) is 1.84. The van der Waals surface area contributed by atoms with Crippen molar-refractivity contribution in [3.63, 3.8) is 0 Å². The van der Waals surface area contributed by atoms with Crippen LogP contribution in [0.25, 0.3) is 0 Å². The first-order chi connectivity index (χ1) is 9.14. The highest BCUT2D eigenvalue weighted by molar-refractivity contribution is 7.99. The Kier molecular flexibility index (Phi) is 6.91. The number of aromatic nitrogens is 3. The first kappa shape index (κ1) is 16.0. The monoisotopic (exact) mass is 283 g/mol. The Balaban J connectivity index is 2.88. The summed E-state index contributed by atoms with van der Waals surface area (Å²) in [6.07, 6.45) is 1.18. The zero-order chi connectivity index (χ0) is 14.3. The zero-order valence-electron chi connectivity index (χ0n) is 12.6. The van der Waals surface area contributed by atoms with Gasteiger partial charge in [0.25, 0.3) is 0 Å². The van der Waals surface area contributed by atoms with Gasteiger partial charge >= 0.3 is 0 Å². The van der Waals surface area contributed by atoms with E-state index in [4.69, 9.17) is 0 Å². The van der Waals surface area contributed by atoms with Crippen molar-refractivity contribution >= 4 is 23.7 Å². The Morgan fingerprint density at radius 3 is 2.37 bits per heavy atom. The van der Waals surface area contributed by atoms with Crippen LogP contribution < -0.4 is 10.2 Å². The number of hydrogen-bond donors (Lipinski definition) is 1. The smallest absolute Gasteiger partial charge is 0.231 e. The number of nitrogens with one attached hydrogen (secondary N) is 1. The van der Waals surface area contributed by atoms with Gasteiger partial charge < -0.3 is 10.2 Å². The summed E-state index contributed by atoms with van der Waals surface area (Å²) in [6.45, 7) is 10.5. The van der Waals surface area contributed by atoms with Gasteiger partial charge in [-0.2, -0.15) is 15.0 Å². The van der Waals surface area contributed by atoms with E-state index in [0.717, 1.165) is 29.9 Å². The van der Waals surface area contributed by atoms with Gasteiger partial charge in [0.2, 0.25) is 11.9 Å². The normalized spacial score (nSPS) is 12.3. The molecule has 0 spiro atoms. The standard InChI is InChI=1S/C13H25N5S/c1-6-10(4)9-19-13-16-11(14-5)15-12(17-13)18(7-2)8-3/h10H,6-9H2,1-5H3,(H,14,15,16,17). The van der Waals surface area contributed by atoms with Crippen molar-refractivity contribution in [2.75, 3.05) is 36.1 Å². The second-order valence-electron chi connectivity index (χ2n) is 4.49. The molecule has 1 unspecified atom stereocenters. The molecule has 5 nitrogen and oxygen atoms in total. The molecule has 0 radical (unpaired) electrons. The van der Waals surface area contributed by atoms with Crippen molar-refractivity contribution in [2.45, 2.75) is 39.3 Å². The highest BCUT2D eigenvalue weighted by atomic mass is 32.2. The fourth-order valence-corrected chi connectivity index (χ4v) is 2.47. The summed E-state index contributed by atoms with van der Waals surface area (Å²) in [4.78, 5) is 15.5. The molecule has 19 heavy (non-hydrogen) atoms. The molecular weight excluding hydrogens is 258 g/mol. The Hall–Kier alpha value is -1.04. The molecule has 0 fully saturated rings. The van der Waals surface area contributed by atoms with Crippen LogP contribution in [0.5, 0.6) is 0 Å². The fraction of sp³-hybridized carbons (Fsp3) is 0.769. The minimum atomic E-state index is 0.642. The van der Waals surface area contributed by atoms with Crippen molar-refractivity contribution in [2.24, 2.45) is 5.92 Å². The predicted octanol–water partition coefficient (Wildman–Crippen LogP) is 2.90. The lowest BCUT2D eigenvalue weighted by atomic mass is 10.2. The zero-order valence-corrected chi connectivity index (χ0v) is 13.4. The van der Waals surface area contributed by atoms with Gasteiger partial charge in [0.1, 0.15) is 0 Å². The van der Waals surface area contributed by atoms with Crippen LogP contribution in [-0.2, 0) is 0 Å². The van der Waals surface area contributed by atoms with E-state index in [2.05, 4.69) is 52.9 Å². The number of thioether (sulfide) groups is 1. The third-order valence-electron chi connectivity index (χ3n) is 3.07. The molecule has 1 aromatic heterocycles. The van der Waals surface area contributed by atoms with E-state index in [1.54, 1.807) is 11.8 Å². The molecule has 6 heteroatoms. The Morgan fingerprint density at radius 2 is 1.84 bits per heavy atom. The van der Waals surface area contributed by atoms with Crippen LogP contribution in [0.1, 0.15) is 34.1 Å². The van der Waals surface area contributed by atoms with Crippen LogP contribution in [-0.4, -0.2) is 40.8 Å². The van der Waals surface area contributed by atoms with E-state index < -0.39 is 0 Å². The van der Waals surface area contributed by atoms with Crippen LogP contribution in [0.15, 0.2) is 5.16 Å². The molecule has 1 rings (SSSR count). The van der Waals surface area contributed by atoms with Crippen LogP contribution in [0.2, 0.25) is 0 Å². The molecule has 0 amide bonds. The minimum Gasteiger partial charge on any atom is -0.357 e. The third-order valence-corrected chi connectivity index (χ3v) is 4.24. The van der Waals surface area contributed by atoms with Crippen LogP contribution in [0.3, 0.4) is 0 Å². The van der Waals surface area contributed by atoms with Crippen molar-refractivity contribution in [1.82, 2.24) is 15.0 Å². The third kappa shape index (κ3) is 4.86. The lowest BCUT2D eigenvalue weighted by Crippen LogP contribution is -2.25. The quantitative estimate of drug-likeness (QED) is 0.740. The Labute approximate surface area is 120 Å². The summed E-state index contributed by atoms with van der Waals surface area (Å²) in [5.74, 6) is 3.12. The van der Waals surface area contributed by atoms with Gasteiger partial charge in [-0.3, -0.25) is 0 Å². The topological polar surface area (TPSA) is 53.9 Å². The van der Waals surface area contributed by atoms with Gasteiger partial charge in [-0.1, -0.05) is 32.0 Å². The van der Waals surface area contributed by atoms with E-state index in [0.29, 0.717) is 11.9 Å². The number of nitrogens with zero attached hydrogens (tertiary/aromatic N) is 4. The van der Waals surface area contributed by atoms with Crippen molar-refractivity contribution < 1.29 is 0 Å². The van der Waals surface area contributed by atoms with Gasteiger partial charge in [-0.25, -0.2) is 0 Å². The predicted molar refractivity (Wildman–Crippen MR) is 83.1 cm³/mol. The lowest BCUT2D eigenvalue weighted by molar-refractivity contribution is 0.635. The molecule has 1 N–H and O–H groups in total.